The minimum atomic E-state index is -0.107. The second-order valence-electron chi connectivity index (χ2n) is 4.40. The van der Waals surface area contributed by atoms with E-state index in [1.807, 2.05) is 44.2 Å². The lowest BCUT2D eigenvalue weighted by atomic mass is 10.1. The van der Waals surface area contributed by atoms with Gasteiger partial charge in [0.25, 0.3) is 0 Å². The summed E-state index contributed by atoms with van der Waals surface area (Å²) in [6, 6.07) is 9.72. The van der Waals surface area contributed by atoms with Gasteiger partial charge < -0.3 is 11.1 Å². The van der Waals surface area contributed by atoms with E-state index in [0.29, 0.717) is 12.5 Å². The number of rotatable bonds is 5. The average molecular weight is 232 g/mol. The highest BCUT2D eigenvalue weighted by atomic mass is 16.1. The van der Waals surface area contributed by atoms with Gasteiger partial charge in [0.2, 0.25) is 5.91 Å². The van der Waals surface area contributed by atoms with Crippen molar-refractivity contribution in [2.24, 2.45) is 11.7 Å². The van der Waals surface area contributed by atoms with E-state index in [9.17, 15) is 4.79 Å². The van der Waals surface area contributed by atoms with Crippen LogP contribution in [0.1, 0.15) is 19.4 Å². The Kier molecular flexibility index (Phi) is 5.43. The maximum absolute atomic E-state index is 11.5. The molecule has 0 aliphatic carbocycles. The van der Waals surface area contributed by atoms with Gasteiger partial charge in [-0.25, -0.2) is 0 Å². The average Bonchev–Trinajstić information content (AvgIpc) is 2.34. The van der Waals surface area contributed by atoms with Crippen LogP contribution in [0, 0.1) is 5.92 Å². The molecule has 0 spiro atoms. The summed E-state index contributed by atoms with van der Waals surface area (Å²) in [4.78, 5) is 11.5. The molecular formula is C14H20N2O. The largest absolute Gasteiger partial charge is 0.351 e. The van der Waals surface area contributed by atoms with Gasteiger partial charge in [0.1, 0.15) is 0 Å². The van der Waals surface area contributed by atoms with E-state index in [4.69, 9.17) is 5.73 Å². The molecule has 0 saturated heterocycles. The van der Waals surface area contributed by atoms with E-state index < -0.39 is 0 Å². The van der Waals surface area contributed by atoms with E-state index in [1.165, 1.54) is 6.08 Å². The summed E-state index contributed by atoms with van der Waals surface area (Å²) in [6.45, 7) is 4.59. The van der Waals surface area contributed by atoms with Gasteiger partial charge in [0.15, 0.2) is 0 Å². The third kappa shape index (κ3) is 5.31. The number of hydrogen-bond donors (Lipinski definition) is 2. The van der Waals surface area contributed by atoms with Gasteiger partial charge in [0, 0.05) is 18.7 Å². The fourth-order valence-electron chi connectivity index (χ4n) is 1.25. The predicted octanol–water partition coefficient (Wildman–Crippen LogP) is 1.80. The van der Waals surface area contributed by atoms with Crippen molar-refractivity contribution in [3.63, 3.8) is 0 Å². The molecule has 3 heteroatoms. The van der Waals surface area contributed by atoms with Crippen LogP contribution < -0.4 is 11.1 Å². The Labute approximate surface area is 103 Å². The summed E-state index contributed by atoms with van der Waals surface area (Å²) < 4.78 is 0. The maximum Gasteiger partial charge on any atom is 0.244 e. The molecule has 0 aliphatic rings. The first-order chi connectivity index (χ1) is 8.09. The molecule has 0 aliphatic heterocycles. The lowest BCUT2D eigenvalue weighted by Crippen LogP contribution is -2.39. The molecule has 0 saturated carbocycles. The number of benzene rings is 1. The van der Waals surface area contributed by atoms with Crippen LogP contribution in [0.2, 0.25) is 0 Å². The van der Waals surface area contributed by atoms with E-state index >= 15 is 0 Å². The topological polar surface area (TPSA) is 55.1 Å². The molecular weight excluding hydrogens is 212 g/mol. The van der Waals surface area contributed by atoms with Gasteiger partial charge in [-0.2, -0.15) is 0 Å². The fraction of sp³-hybridized carbons (Fsp3) is 0.357. The van der Waals surface area contributed by atoms with Crippen molar-refractivity contribution in [3.05, 3.63) is 42.0 Å². The van der Waals surface area contributed by atoms with Crippen LogP contribution in [-0.2, 0) is 4.79 Å². The van der Waals surface area contributed by atoms with E-state index in [1.54, 1.807) is 6.08 Å². The van der Waals surface area contributed by atoms with Crippen molar-refractivity contribution in [1.82, 2.24) is 5.32 Å². The number of amides is 1. The highest BCUT2D eigenvalue weighted by Crippen LogP contribution is 2.00. The third-order valence-corrected chi connectivity index (χ3v) is 2.60. The number of carbonyl (C=O) groups excluding carboxylic acids is 1. The normalized spacial score (nSPS) is 12.9. The number of nitrogens with two attached hydrogens (primary N) is 1. The summed E-state index contributed by atoms with van der Waals surface area (Å²) >= 11 is 0. The summed E-state index contributed by atoms with van der Waals surface area (Å²) in [5, 5.41) is 2.78. The Morgan fingerprint density at radius 2 is 2.00 bits per heavy atom. The van der Waals surface area contributed by atoms with E-state index in [0.717, 1.165) is 5.56 Å². The molecule has 1 aromatic carbocycles. The van der Waals surface area contributed by atoms with E-state index in [-0.39, 0.29) is 11.9 Å². The number of carbonyl (C=O) groups is 1. The number of nitrogens with one attached hydrogen (secondary N) is 1. The van der Waals surface area contributed by atoms with Crippen LogP contribution in [0.25, 0.3) is 6.08 Å². The van der Waals surface area contributed by atoms with Crippen molar-refractivity contribution in [3.8, 4) is 0 Å². The second-order valence-corrected chi connectivity index (χ2v) is 4.40. The zero-order chi connectivity index (χ0) is 12.7. The second kappa shape index (κ2) is 6.86. The molecule has 3 nitrogen and oxygen atoms in total. The summed E-state index contributed by atoms with van der Waals surface area (Å²) in [5.74, 6) is 0.262. The molecule has 17 heavy (non-hydrogen) atoms. The SMILES string of the molecule is CC(C)[C@H](N)CNC(=O)C=Cc1ccccc1. The van der Waals surface area contributed by atoms with Gasteiger partial charge in [0.05, 0.1) is 0 Å². The molecule has 3 N–H and O–H groups in total. The summed E-state index contributed by atoms with van der Waals surface area (Å²) in [7, 11) is 0. The van der Waals surface area contributed by atoms with Gasteiger partial charge in [-0.3, -0.25) is 4.79 Å². The zero-order valence-electron chi connectivity index (χ0n) is 10.4. The van der Waals surface area contributed by atoms with Crippen LogP contribution in [-0.4, -0.2) is 18.5 Å². The lowest BCUT2D eigenvalue weighted by Gasteiger charge is -2.15. The molecule has 1 amide bonds. The summed E-state index contributed by atoms with van der Waals surface area (Å²) in [5.41, 5.74) is 6.84. The molecule has 0 fully saturated rings. The molecule has 1 rings (SSSR count). The van der Waals surface area contributed by atoms with Gasteiger partial charge in [-0.05, 0) is 17.6 Å². The smallest absolute Gasteiger partial charge is 0.244 e. The van der Waals surface area contributed by atoms with Crippen LogP contribution in [0.5, 0.6) is 0 Å². The predicted molar refractivity (Wildman–Crippen MR) is 71.3 cm³/mol. The van der Waals surface area contributed by atoms with Gasteiger partial charge in [-0.15, -0.1) is 0 Å². The highest BCUT2D eigenvalue weighted by Gasteiger charge is 2.07. The Bertz CT molecular complexity index is 371. The third-order valence-electron chi connectivity index (χ3n) is 2.60. The molecule has 0 bridgehead atoms. The first-order valence-electron chi connectivity index (χ1n) is 5.86. The van der Waals surface area contributed by atoms with Crippen LogP contribution in [0.3, 0.4) is 0 Å². The zero-order valence-corrected chi connectivity index (χ0v) is 10.4. The van der Waals surface area contributed by atoms with E-state index in [2.05, 4.69) is 5.32 Å². The Balaban J connectivity index is 2.37. The standard InChI is InChI=1S/C14H20N2O/c1-11(2)13(15)10-16-14(17)9-8-12-6-4-3-5-7-12/h3-9,11,13H,10,15H2,1-2H3,(H,16,17)/t13-/m1/s1. The van der Waals surface area contributed by atoms with Crippen molar-refractivity contribution in [2.45, 2.75) is 19.9 Å². The number of hydrogen-bond acceptors (Lipinski definition) is 2. The highest BCUT2D eigenvalue weighted by molar-refractivity contribution is 5.91. The molecule has 0 aromatic heterocycles. The van der Waals surface area contributed by atoms with Crippen molar-refractivity contribution in [1.29, 1.82) is 0 Å². The van der Waals surface area contributed by atoms with Crippen molar-refractivity contribution >= 4 is 12.0 Å². The minimum Gasteiger partial charge on any atom is -0.351 e. The van der Waals surface area contributed by atoms with Crippen molar-refractivity contribution in [2.75, 3.05) is 6.54 Å². The van der Waals surface area contributed by atoms with Crippen molar-refractivity contribution < 1.29 is 4.79 Å². The maximum atomic E-state index is 11.5. The quantitative estimate of drug-likeness (QED) is 0.761. The monoisotopic (exact) mass is 232 g/mol. The molecule has 0 radical (unpaired) electrons. The lowest BCUT2D eigenvalue weighted by molar-refractivity contribution is -0.116. The molecule has 1 atom stereocenters. The van der Waals surface area contributed by atoms with Crippen LogP contribution >= 0.6 is 0 Å². The minimum absolute atomic E-state index is 0.00377. The van der Waals surface area contributed by atoms with Gasteiger partial charge >= 0.3 is 0 Å². The first kappa shape index (κ1) is 13.5. The molecule has 1 aromatic rings. The molecule has 92 valence electrons. The van der Waals surface area contributed by atoms with Gasteiger partial charge in [-0.1, -0.05) is 44.2 Å². The molecule has 0 unspecified atom stereocenters. The Morgan fingerprint density at radius 3 is 2.59 bits per heavy atom. The Morgan fingerprint density at radius 1 is 1.35 bits per heavy atom. The Hall–Kier alpha value is -1.61. The first-order valence-corrected chi connectivity index (χ1v) is 5.86. The van der Waals surface area contributed by atoms with Crippen LogP contribution in [0.4, 0.5) is 0 Å². The fourth-order valence-corrected chi connectivity index (χ4v) is 1.25. The van der Waals surface area contributed by atoms with Crippen LogP contribution in [0.15, 0.2) is 36.4 Å². The molecule has 0 heterocycles. The summed E-state index contributed by atoms with van der Waals surface area (Å²) in [6.07, 6.45) is 3.32.